The first kappa shape index (κ1) is 31.7. The average molecular weight is 635 g/mol. The predicted molar refractivity (Wildman–Crippen MR) is 174 cm³/mol. The third-order valence-corrected chi connectivity index (χ3v) is 9.21. The highest BCUT2D eigenvalue weighted by molar-refractivity contribution is 6.47. The Balaban J connectivity index is 1.45. The third kappa shape index (κ3) is 6.69. The van der Waals surface area contributed by atoms with Crippen LogP contribution in [-0.4, -0.2) is 45.7 Å². The summed E-state index contributed by atoms with van der Waals surface area (Å²) in [7, 11) is 0. The van der Waals surface area contributed by atoms with Gasteiger partial charge in [0.2, 0.25) is 0 Å². The summed E-state index contributed by atoms with van der Waals surface area (Å²) in [5, 5.41) is 12.6. The number of hydrogen-bond donors (Lipinski definition) is 2. The van der Waals surface area contributed by atoms with E-state index >= 15 is 0 Å². The molecule has 44 heavy (non-hydrogen) atoms. The van der Waals surface area contributed by atoms with Crippen molar-refractivity contribution in [2.24, 2.45) is 4.99 Å². The Morgan fingerprint density at radius 2 is 1.59 bits per heavy atom. The van der Waals surface area contributed by atoms with Crippen LogP contribution in [0.4, 0.5) is 0 Å². The molecular formula is C35H37Cl2N3O4. The van der Waals surface area contributed by atoms with Crippen molar-refractivity contribution in [1.82, 2.24) is 10.2 Å². The van der Waals surface area contributed by atoms with Gasteiger partial charge in [-0.25, -0.2) is 0 Å². The van der Waals surface area contributed by atoms with E-state index in [-0.39, 0.29) is 30.8 Å². The highest BCUT2D eigenvalue weighted by Crippen LogP contribution is 2.46. The van der Waals surface area contributed by atoms with Gasteiger partial charge < -0.3 is 15.3 Å². The fourth-order valence-corrected chi connectivity index (χ4v) is 6.97. The van der Waals surface area contributed by atoms with E-state index in [2.05, 4.69) is 12.2 Å². The number of nitrogens with zero attached hydrogens (tertiary/aromatic N) is 2. The molecule has 7 nitrogen and oxygen atoms in total. The minimum atomic E-state index is -0.964. The molecule has 3 aromatic rings. The molecule has 0 aromatic heterocycles. The molecule has 1 heterocycles. The molecule has 2 aliphatic rings. The Labute approximate surface area is 268 Å². The number of nitrogens with one attached hydrogen (secondary N) is 1. The van der Waals surface area contributed by atoms with E-state index < -0.39 is 11.6 Å². The van der Waals surface area contributed by atoms with Crippen LogP contribution in [0.15, 0.2) is 71.7 Å². The number of amides is 2. The molecule has 2 N–H and O–H groups in total. The Morgan fingerprint density at radius 1 is 0.955 bits per heavy atom. The molecule has 1 atom stereocenters. The number of carboxylic acid groups (broad SMARTS) is 1. The molecule has 1 aliphatic carbocycles. The van der Waals surface area contributed by atoms with Crippen molar-refractivity contribution in [1.29, 1.82) is 0 Å². The lowest BCUT2D eigenvalue weighted by Crippen LogP contribution is -2.50. The lowest BCUT2D eigenvalue weighted by atomic mass is 9.86. The van der Waals surface area contributed by atoms with Gasteiger partial charge in [-0.2, -0.15) is 0 Å². The van der Waals surface area contributed by atoms with Crippen molar-refractivity contribution in [3.63, 3.8) is 0 Å². The minimum Gasteiger partial charge on any atom is -0.481 e. The molecule has 0 bridgehead atoms. The molecule has 1 spiro atoms. The summed E-state index contributed by atoms with van der Waals surface area (Å²) in [6.07, 6.45) is 7.29. The molecule has 1 aliphatic heterocycles. The molecule has 3 aromatic carbocycles. The van der Waals surface area contributed by atoms with E-state index in [0.717, 1.165) is 73.6 Å². The molecule has 1 fully saturated rings. The molecule has 230 valence electrons. The Kier molecular flexibility index (Phi) is 10.1. The number of benzene rings is 3. The van der Waals surface area contributed by atoms with Gasteiger partial charge in [-0.15, -0.1) is 0 Å². The fraction of sp³-hybridized carbons (Fsp3) is 0.371. The topological polar surface area (TPSA) is 99.1 Å². The number of aliphatic carboxylic acids is 1. The van der Waals surface area contributed by atoms with E-state index in [1.165, 1.54) is 0 Å². The van der Waals surface area contributed by atoms with Gasteiger partial charge >= 0.3 is 5.97 Å². The number of hydrogen-bond acceptors (Lipinski definition) is 4. The normalized spacial score (nSPS) is 16.6. The van der Waals surface area contributed by atoms with Crippen LogP contribution < -0.4 is 5.32 Å². The Hall–Kier alpha value is -3.68. The maximum Gasteiger partial charge on any atom is 0.305 e. The second-order valence-electron chi connectivity index (χ2n) is 11.5. The summed E-state index contributed by atoms with van der Waals surface area (Å²) in [5.41, 5.74) is 3.65. The van der Waals surface area contributed by atoms with E-state index in [0.29, 0.717) is 21.3 Å². The molecule has 9 heteroatoms. The molecule has 5 rings (SSSR count). The van der Waals surface area contributed by atoms with E-state index in [1.807, 2.05) is 47.4 Å². The van der Waals surface area contributed by atoms with Crippen LogP contribution in [0.25, 0.3) is 11.1 Å². The summed E-state index contributed by atoms with van der Waals surface area (Å²) in [5.74, 6) is -1.36. The zero-order valence-corrected chi connectivity index (χ0v) is 26.3. The lowest BCUT2D eigenvalue weighted by Gasteiger charge is -2.44. The summed E-state index contributed by atoms with van der Waals surface area (Å²) in [6, 6.07) is 20.3. The maximum atomic E-state index is 14.4. The van der Waals surface area contributed by atoms with Crippen molar-refractivity contribution >= 4 is 46.7 Å². The van der Waals surface area contributed by atoms with Crippen LogP contribution >= 0.6 is 23.2 Å². The van der Waals surface area contributed by atoms with Crippen molar-refractivity contribution in [2.45, 2.75) is 76.4 Å². The first-order valence-corrected chi connectivity index (χ1v) is 16.1. The van der Waals surface area contributed by atoms with Gasteiger partial charge in [0.1, 0.15) is 11.4 Å². The largest absolute Gasteiger partial charge is 0.481 e. The van der Waals surface area contributed by atoms with Gasteiger partial charge in [0.25, 0.3) is 11.8 Å². The Bertz CT molecular complexity index is 1530. The fourth-order valence-electron chi connectivity index (χ4n) is 6.36. The van der Waals surface area contributed by atoms with Crippen LogP contribution in [0.2, 0.25) is 10.0 Å². The molecule has 0 saturated heterocycles. The summed E-state index contributed by atoms with van der Waals surface area (Å²) in [6.45, 7) is 2.20. The highest BCUT2D eigenvalue weighted by atomic mass is 35.5. The predicted octanol–water partition coefficient (Wildman–Crippen LogP) is 8.09. The van der Waals surface area contributed by atoms with Gasteiger partial charge in [0.15, 0.2) is 0 Å². The van der Waals surface area contributed by atoms with Crippen molar-refractivity contribution in [3.8, 4) is 11.1 Å². The summed E-state index contributed by atoms with van der Waals surface area (Å²) < 4.78 is 0. The van der Waals surface area contributed by atoms with Crippen LogP contribution in [-0.2, 0) is 9.59 Å². The number of rotatable bonds is 11. The zero-order chi connectivity index (χ0) is 31.3. The quantitative estimate of drug-likeness (QED) is 0.223. The molecule has 1 saturated carbocycles. The number of unbranched alkanes of at least 4 members (excludes halogenated alkanes) is 1. The second-order valence-corrected chi connectivity index (χ2v) is 12.3. The monoisotopic (exact) mass is 633 g/mol. The van der Waals surface area contributed by atoms with Crippen LogP contribution in [0.5, 0.6) is 0 Å². The zero-order valence-electron chi connectivity index (χ0n) is 24.8. The van der Waals surface area contributed by atoms with E-state index in [4.69, 9.17) is 33.3 Å². The SMILES string of the molecule is CCCC[C@H](c1ccc(C(=O)NCCC(=O)O)cc1)N1C(=O)C(c2ccc(-c3c(Cl)cccc3Cl)cc2)=NC12CCCCC2. The molecule has 0 unspecified atom stereocenters. The van der Waals surface area contributed by atoms with E-state index in [1.54, 1.807) is 24.3 Å². The lowest BCUT2D eigenvalue weighted by molar-refractivity contribution is -0.137. The maximum absolute atomic E-state index is 14.4. The third-order valence-electron chi connectivity index (χ3n) is 8.58. The van der Waals surface area contributed by atoms with Crippen molar-refractivity contribution in [3.05, 3.63) is 93.5 Å². The first-order valence-electron chi connectivity index (χ1n) is 15.3. The second kappa shape index (κ2) is 14.0. The number of carbonyl (C=O) groups excluding carboxylic acids is 2. The Morgan fingerprint density at radius 3 is 2.20 bits per heavy atom. The van der Waals surface area contributed by atoms with Gasteiger partial charge in [-0.05, 0) is 67.5 Å². The van der Waals surface area contributed by atoms with Crippen molar-refractivity contribution < 1.29 is 19.5 Å². The van der Waals surface area contributed by atoms with Gasteiger partial charge in [-0.3, -0.25) is 19.4 Å². The first-order chi connectivity index (χ1) is 21.2. The average Bonchev–Trinajstić information content (AvgIpc) is 3.28. The molecule has 0 radical (unpaired) electrons. The van der Waals surface area contributed by atoms with Gasteiger partial charge in [0, 0.05) is 33.3 Å². The molecule has 2 amide bonds. The van der Waals surface area contributed by atoms with Crippen LogP contribution in [0.3, 0.4) is 0 Å². The highest BCUT2D eigenvalue weighted by Gasteiger charge is 2.50. The van der Waals surface area contributed by atoms with Crippen LogP contribution in [0.1, 0.15) is 92.2 Å². The van der Waals surface area contributed by atoms with Gasteiger partial charge in [0.05, 0.1) is 12.5 Å². The standard InChI is InChI=1S/C35H37Cl2N3O4/c1-2-3-10-29(23-11-17-26(18-12-23)33(43)38-22-19-30(41)42)40-34(44)32(39-35(40)20-5-4-6-21-35)25-15-13-24(14-16-25)31-27(36)8-7-9-28(31)37/h7-9,11-18,29H,2-6,10,19-22H2,1H3,(H,38,43)(H,41,42)/t29-/m1/s1. The molecular weight excluding hydrogens is 597 g/mol. The number of carbonyl (C=O) groups is 3. The number of aliphatic imine (C=N–C) groups is 1. The van der Waals surface area contributed by atoms with Crippen LogP contribution in [0, 0.1) is 0 Å². The minimum absolute atomic E-state index is 0.0619. The smallest absolute Gasteiger partial charge is 0.305 e. The van der Waals surface area contributed by atoms with E-state index in [9.17, 15) is 14.4 Å². The number of carboxylic acids is 1. The summed E-state index contributed by atoms with van der Waals surface area (Å²) >= 11 is 12.9. The summed E-state index contributed by atoms with van der Waals surface area (Å²) in [4.78, 5) is 45.1. The van der Waals surface area contributed by atoms with Crippen molar-refractivity contribution in [2.75, 3.05) is 6.54 Å². The number of halogens is 2. The van der Waals surface area contributed by atoms with Gasteiger partial charge in [-0.1, -0.05) is 91.9 Å².